The van der Waals surface area contributed by atoms with Gasteiger partial charge in [0.05, 0.1) is 7.11 Å². The Morgan fingerprint density at radius 3 is 2.57 bits per heavy atom. The maximum absolute atomic E-state index is 12.1. The summed E-state index contributed by atoms with van der Waals surface area (Å²) in [7, 11) is 1.62. The fraction of sp³-hybridized carbons (Fsp3) is 0.235. The number of carbonyl (C=O) groups is 1. The zero-order valence-electron chi connectivity index (χ0n) is 12.3. The molecule has 0 heterocycles. The van der Waals surface area contributed by atoms with Crippen LogP contribution >= 0.6 is 0 Å². The predicted octanol–water partition coefficient (Wildman–Crippen LogP) is 3.03. The van der Waals surface area contributed by atoms with Crippen LogP contribution in [0.4, 0.5) is 5.69 Å². The van der Waals surface area contributed by atoms with Crippen molar-refractivity contribution >= 4 is 11.6 Å². The lowest BCUT2D eigenvalue weighted by Crippen LogP contribution is -2.20. The Balaban J connectivity index is 1.99. The number of nitrogens with two attached hydrogens (primary N) is 1. The average molecular weight is 284 g/mol. The number of nitrogens with one attached hydrogen (secondary N) is 1. The molecule has 2 rings (SSSR count). The normalized spacial score (nSPS) is 11.8. The molecule has 4 nitrogen and oxygen atoms in total. The van der Waals surface area contributed by atoms with E-state index in [1.165, 1.54) is 0 Å². The van der Waals surface area contributed by atoms with Crippen molar-refractivity contribution in [1.82, 2.24) is 0 Å². The second-order valence-electron chi connectivity index (χ2n) is 4.95. The Morgan fingerprint density at radius 1 is 1.24 bits per heavy atom. The fourth-order valence-electron chi connectivity index (χ4n) is 2.12. The summed E-state index contributed by atoms with van der Waals surface area (Å²) in [6, 6.07) is 14.8. The Bertz CT molecular complexity index is 611. The summed E-state index contributed by atoms with van der Waals surface area (Å²) < 4.78 is 5.14. The van der Waals surface area contributed by atoms with Crippen molar-refractivity contribution in [3.63, 3.8) is 0 Å². The number of aryl methyl sites for hydroxylation is 1. The molecule has 3 N–H and O–H groups in total. The van der Waals surface area contributed by atoms with Crippen LogP contribution in [0.5, 0.6) is 5.75 Å². The minimum atomic E-state index is -0.301. The molecule has 0 saturated carbocycles. The highest BCUT2D eigenvalue weighted by atomic mass is 16.5. The van der Waals surface area contributed by atoms with Crippen LogP contribution in [-0.2, 0) is 4.79 Å². The molecule has 110 valence electrons. The molecule has 21 heavy (non-hydrogen) atoms. The van der Waals surface area contributed by atoms with Gasteiger partial charge in [0.2, 0.25) is 5.91 Å². The highest BCUT2D eigenvalue weighted by Gasteiger charge is 2.12. The molecule has 0 saturated heterocycles. The Hall–Kier alpha value is -2.33. The summed E-state index contributed by atoms with van der Waals surface area (Å²) in [6.07, 6.45) is 0.246. The van der Waals surface area contributed by atoms with Crippen molar-refractivity contribution in [2.24, 2.45) is 5.73 Å². The SMILES string of the molecule is COc1ccc(NC(=O)CC(N)c2ccccc2)c(C)c1. The lowest BCUT2D eigenvalue weighted by atomic mass is 10.0. The summed E-state index contributed by atoms with van der Waals surface area (Å²) in [5, 5.41) is 2.89. The molecular weight excluding hydrogens is 264 g/mol. The molecule has 1 atom stereocenters. The van der Waals surface area contributed by atoms with Gasteiger partial charge in [0.15, 0.2) is 0 Å². The number of carbonyl (C=O) groups excluding carboxylic acids is 1. The van der Waals surface area contributed by atoms with Crippen LogP contribution < -0.4 is 15.8 Å². The predicted molar refractivity (Wildman–Crippen MR) is 84.3 cm³/mol. The summed E-state index contributed by atoms with van der Waals surface area (Å²) in [5.74, 6) is 0.672. The van der Waals surface area contributed by atoms with Gasteiger partial charge in [-0.05, 0) is 36.2 Å². The Labute approximate surface area is 124 Å². The minimum Gasteiger partial charge on any atom is -0.497 e. The third-order valence-corrected chi connectivity index (χ3v) is 3.34. The molecular formula is C17H20N2O2. The summed E-state index contributed by atoms with van der Waals surface area (Å²) in [4.78, 5) is 12.1. The van der Waals surface area contributed by atoms with Gasteiger partial charge in [-0.25, -0.2) is 0 Å². The molecule has 0 spiro atoms. The van der Waals surface area contributed by atoms with Gasteiger partial charge in [-0.15, -0.1) is 0 Å². The third-order valence-electron chi connectivity index (χ3n) is 3.34. The maximum Gasteiger partial charge on any atom is 0.226 e. The molecule has 4 heteroatoms. The topological polar surface area (TPSA) is 64.3 Å². The quantitative estimate of drug-likeness (QED) is 0.887. The van der Waals surface area contributed by atoms with E-state index in [0.29, 0.717) is 0 Å². The number of benzene rings is 2. The minimum absolute atomic E-state index is 0.0976. The molecule has 0 aromatic heterocycles. The molecule has 0 aliphatic carbocycles. The summed E-state index contributed by atoms with van der Waals surface area (Å²) >= 11 is 0. The highest BCUT2D eigenvalue weighted by Crippen LogP contribution is 2.22. The van der Waals surface area contributed by atoms with Gasteiger partial charge >= 0.3 is 0 Å². The van der Waals surface area contributed by atoms with E-state index in [1.807, 2.05) is 55.5 Å². The zero-order chi connectivity index (χ0) is 15.2. The summed E-state index contributed by atoms with van der Waals surface area (Å²) in [6.45, 7) is 1.93. The first-order chi connectivity index (χ1) is 10.1. The van der Waals surface area contributed by atoms with Crippen LogP contribution in [0.2, 0.25) is 0 Å². The number of ether oxygens (including phenoxy) is 1. The molecule has 2 aromatic carbocycles. The second-order valence-corrected chi connectivity index (χ2v) is 4.95. The lowest BCUT2D eigenvalue weighted by molar-refractivity contribution is -0.116. The number of amides is 1. The number of anilines is 1. The van der Waals surface area contributed by atoms with E-state index in [1.54, 1.807) is 7.11 Å². The molecule has 1 unspecified atom stereocenters. The molecule has 2 aromatic rings. The monoisotopic (exact) mass is 284 g/mol. The molecule has 0 fully saturated rings. The van der Waals surface area contributed by atoms with E-state index in [2.05, 4.69) is 5.32 Å². The first kappa shape index (κ1) is 15.1. The largest absolute Gasteiger partial charge is 0.497 e. The number of hydrogen-bond acceptors (Lipinski definition) is 3. The van der Waals surface area contributed by atoms with Crippen molar-refractivity contribution in [2.75, 3.05) is 12.4 Å². The number of methoxy groups -OCH3 is 1. The third kappa shape index (κ3) is 4.07. The number of hydrogen-bond donors (Lipinski definition) is 2. The summed E-state index contributed by atoms with van der Waals surface area (Å²) in [5.41, 5.74) is 8.74. The molecule has 0 aliphatic heterocycles. The maximum atomic E-state index is 12.1. The van der Waals surface area contributed by atoms with Crippen LogP contribution in [0.1, 0.15) is 23.6 Å². The Kier molecular flexibility index (Phi) is 4.95. The van der Waals surface area contributed by atoms with Crippen LogP contribution in [0, 0.1) is 6.92 Å². The van der Waals surface area contributed by atoms with Gasteiger partial charge in [0.25, 0.3) is 0 Å². The standard InChI is InChI=1S/C17H20N2O2/c1-12-10-14(21-2)8-9-16(12)19-17(20)11-15(18)13-6-4-3-5-7-13/h3-10,15H,11,18H2,1-2H3,(H,19,20). The van der Waals surface area contributed by atoms with Crippen LogP contribution in [-0.4, -0.2) is 13.0 Å². The molecule has 1 amide bonds. The first-order valence-corrected chi connectivity index (χ1v) is 6.85. The van der Waals surface area contributed by atoms with E-state index < -0.39 is 0 Å². The average Bonchev–Trinajstić information content (AvgIpc) is 2.50. The van der Waals surface area contributed by atoms with E-state index in [4.69, 9.17) is 10.5 Å². The molecule has 0 radical (unpaired) electrons. The van der Waals surface area contributed by atoms with Crippen molar-refractivity contribution in [3.05, 3.63) is 59.7 Å². The molecule has 0 bridgehead atoms. The highest BCUT2D eigenvalue weighted by molar-refractivity contribution is 5.92. The van der Waals surface area contributed by atoms with Crippen LogP contribution in [0.15, 0.2) is 48.5 Å². The van der Waals surface area contributed by atoms with E-state index in [9.17, 15) is 4.79 Å². The van der Waals surface area contributed by atoms with Gasteiger partial charge in [0, 0.05) is 18.2 Å². The van der Waals surface area contributed by atoms with Gasteiger partial charge in [-0.1, -0.05) is 30.3 Å². The fourth-order valence-corrected chi connectivity index (χ4v) is 2.12. The van der Waals surface area contributed by atoms with Crippen molar-refractivity contribution < 1.29 is 9.53 Å². The van der Waals surface area contributed by atoms with E-state index in [-0.39, 0.29) is 18.4 Å². The van der Waals surface area contributed by atoms with Gasteiger partial charge in [-0.2, -0.15) is 0 Å². The van der Waals surface area contributed by atoms with Crippen LogP contribution in [0.25, 0.3) is 0 Å². The van der Waals surface area contributed by atoms with Gasteiger partial charge in [0.1, 0.15) is 5.75 Å². The first-order valence-electron chi connectivity index (χ1n) is 6.85. The Morgan fingerprint density at radius 2 is 1.95 bits per heavy atom. The smallest absolute Gasteiger partial charge is 0.226 e. The zero-order valence-corrected chi connectivity index (χ0v) is 12.3. The van der Waals surface area contributed by atoms with E-state index >= 15 is 0 Å². The second kappa shape index (κ2) is 6.90. The molecule has 0 aliphatic rings. The van der Waals surface area contributed by atoms with E-state index in [0.717, 1.165) is 22.6 Å². The van der Waals surface area contributed by atoms with Crippen molar-refractivity contribution in [2.45, 2.75) is 19.4 Å². The lowest BCUT2D eigenvalue weighted by Gasteiger charge is -2.13. The number of rotatable bonds is 5. The van der Waals surface area contributed by atoms with Gasteiger partial charge in [-0.3, -0.25) is 4.79 Å². The van der Waals surface area contributed by atoms with Crippen LogP contribution in [0.3, 0.4) is 0 Å². The van der Waals surface area contributed by atoms with Crippen molar-refractivity contribution in [3.8, 4) is 5.75 Å². The van der Waals surface area contributed by atoms with Crippen molar-refractivity contribution in [1.29, 1.82) is 0 Å². The van der Waals surface area contributed by atoms with Gasteiger partial charge < -0.3 is 15.8 Å².